The molecule has 0 saturated heterocycles. The van der Waals surface area contributed by atoms with Crippen molar-refractivity contribution in [2.45, 2.75) is 97.7 Å². The first-order valence-electron chi connectivity index (χ1n) is 17.4. The van der Waals surface area contributed by atoms with Gasteiger partial charge in [-0.2, -0.15) is 13.2 Å². The highest BCUT2D eigenvalue weighted by Crippen LogP contribution is 2.45. The molecule has 0 saturated carbocycles. The Balaban J connectivity index is 1.59. The summed E-state index contributed by atoms with van der Waals surface area (Å²) in [6.07, 6.45) is -2.83. The zero-order valence-electron chi connectivity index (χ0n) is 32.2. The van der Waals surface area contributed by atoms with Crippen molar-refractivity contribution >= 4 is 14.4 Å². The van der Waals surface area contributed by atoms with Gasteiger partial charge >= 0.3 is 12.3 Å². The molecule has 4 rings (SSSR count). The van der Waals surface area contributed by atoms with Gasteiger partial charge in [-0.25, -0.2) is 9.78 Å². The first-order chi connectivity index (χ1) is 24.7. The maximum absolute atomic E-state index is 14.6. The van der Waals surface area contributed by atoms with Crippen molar-refractivity contribution in [2.24, 2.45) is 0 Å². The van der Waals surface area contributed by atoms with E-state index in [1.165, 1.54) is 12.3 Å². The molecule has 4 aromatic rings. The monoisotopic (exact) mass is 756 g/mol. The van der Waals surface area contributed by atoms with E-state index in [4.69, 9.17) is 28.1 Å². The van der Waals surface area contributed by atoms with E-state index >= 15 is 0 Å². The highest BCUT2D eigenvalue weighted by molar-refractivity contribution is 6.74. The minimum absolute atomic E-state index is 0.00801. The number of pyridine rings is 1. The minimum atomic E-state index is -4.84. The van der Waals surface area contributed by atoms with Gasteiger partial charge in [-0.15, -0.1) is 0 Å². The zero-order valence-corrected chi connectivity index (χ0v) is 33.2. The Labute approximate surface area is 311 Å². The van der Waals surface area contributed by atoms with Gasteiger partial charge in [0, 0.05) is 24.2 Å². The van der Waals surface area contributed by atoms with Gasteiger partial charge in [0.25, 0.3) is 0 Å². The normalized spacial score (nSPS) is 13.1. The third-order valence-corrected chi connectivity index (χ3v) is 13.5. The van der Waals surface area contributed by atoms with E-state index in [0.29, 0.717) is 25.2 Å². The minimum Gasteiger partial charge on any atom is -0.497 e. The quantitative estimate of drug-likeness (QED) is 0.0928. The molecule has 1 unspecified atom stereocenters. The molecular weight excluding hydrogens is 706 g/mol. The maximum Gasteiger partial charge on any atom is 0.418 e. The number of halogens is 3. The second kappa shape index (κ2) is 16.8. The molecule has 288 valence electrons. The molecule has 53 heavy (non-hydrogen) atoms. The van der Waals surface area contributed by atoms with Crippen molar-refractivity contribution < 1.29 is 46.1 Å². The molecular formula is C40H51F3N2O7Si. The third-order valence-electron chi connectivity index (χ3n) is 8.98. The molecule has 1 atom stereocenters. The van der Waals surface area contributed by atoms with Gasteiger partial charge in [-0.1, -0.05) is 57.2 Å². The fraction of sp³-hybridized carbons (Fsp3) is 0.450. The summed E-state index contributed by atoms with van der Waals surface area (Å²) < 4.78 is 79.6. The number of nitrogens with zero attached hydrogens (tertiary/aromatic N) is 2. The van der Waals surface area contributed by atoms with E-state index < -0.39 is 31.8 Å². The number of hydrogen-bond acceptors (Lipinski definition) is 8. The summed E-state index contributed by atoms with van der Waals surface area (Å²) in [6.45, 7) is 18.8. The van der Waals surface area contributed by atoms with Crippen LogP contribution in [-0.2, 0) is 33.3 Å². The van der Waals surface area contributed by atoms with Gasteiger partial charge in [-0.05, 0) is 80.7 Å². The number of carbonyl (C=O) groups is 1. The predicted molar refractivity (Wildman–Crippen MR) is 200 cm³/mol. The van der Waals surface area contributed by atoms with Crippen LogP contribution >= 0.6 is 0 Å². The average molecular weight is 757 g/mol. The SMILES string of the molecule is COc1ccc(COc2ccnc(OCc3ccc(C(C)OCCO[Si](C)(C)C(C)(C)C)cc3)c2-c2cn(C(=O)OC(C)(C)C)cc2C(F)(F)F)cc1. The standard InChI is InChI=1S/C40H51F3N2O7Si/c1-27(48-21-22-51-53(9,10)39(5,6)7)30-15-11-28(12-16-30)26-50-36-35(34(19-20-44-36)49-25-29-13-17-31(47-8)18-14-29)32-23-45(24-33(32)40(41,42)43)37(46)52-38(2,3)4/h11-20,23-24,27H,21-22,25-26H2,1-10H3. The number of methoxy groups -OCH3 is 1. The molecule has 0 bridgehead atoms. The second-order valence-electron chi connectivity index (χ2n) is 15.2. The summed E-state index contributed by atoms with van der Waals surface area (Å²) in [7, 11) is -0.317. The molecule has 0 aliphatic carbocycles. The molecule has 2 heterocycles. The number of aromatic nitrogens is 2. The Morgan fingerprint density at radius 3 is 2.02 bits per heavy atom. The summed E-state index contributed by atoms with van der Waals surface area (Å²) in [5.41, 5.74) is 0.0230. The lowest BCUT2D eigenvalue weighted by Gasteiger charge is -2.36. The van der Waals surface area contributed by atoms with Crippen molar-refractivity contribution in [1.82, 2.24) is 9.55 Å². The van der Waals surface area contributed by atoms with Crippen molar-refractivity contribution in [3.05, 3.63) is 95.4 Å². The van der Waals surface area contributed by atoms with Crippen LogP contribution in [0.3, 0.4) is 0 Å². The van der Waals surface area contributed by atoms with Crippen LogP contribution in [0.25, 0.3) is 11.1 Å². The molecule has 0 N–H and O–H groups in total. The van der Waals surface area contributed by atoms with Crippen LogP contribution < -0.4 is 14.2 Å². The van der Waals surface area contributed by atoms with Crippen LogP contribution in [0.5, 0.6) is 17.4 Å². The molecule has 0 radical (unpaired) electrons. The van der Waals surface area contributed by atoms with Crippen molar-refractivity contribution in [3.8, 4) is 28.5 Å². The molecule has 0 aliphatic heterocycles. The van der Waals surface area contributed by atoms with Crippen molar-refractivity contribution in [3.63, 3.8) is 0 Å². The van der Waals surface area contributed by atoms with Gasteiger partial charge < -0.3 is 28.1 Å². The Bertz CT molecular complexity index is 1810. The number of carbonyl (C=O) groups excluding carboxylic acids is 1. The number of rotatable bonds is 14. The highest BCUT2D eigenvalue weighted by atomic mass is 28.4. The molecule has 9 nitrogen and oxygen atoms in total. The first kappa shape index (κ1) is 41.4. The van der Waals surface area contributed by atoms with E-state index in [1.54, 1.807) is 52.1 Å². The Hall–Kier alpha value is -4.33. The zero-order chi connectivity index (χ0) is 39.2. The molecule has 2 aromatic carbocycles. The average Bonchev–Trinajstić information content (AvgIpc) is 3.54. The smallest absolute Gasteiger partial charge is 0.418 e. The summed E-state index contributed by atoms with van der Waals surface area (Å²) >= 11 is 0. The molecule has 0 fully saturated rings. The van der Waals surface area contributed by atoms with Crippen LogP contribution in [0, 0.1) is 0 Å². The van der Waals surface area contributed by atoms with Gasteiger partial charge in [0.2, 0.25) is 5.88 Å². The van der Waals surface area contributed by atoms with Gasteiger partial charge in [0.05, 0.1) is 37.6 Å². The van der Waals surface area contributed by atoms with E-state index in [0.717, 1.165) is 27.5 Å². The Kier molecular flexibility index (Phi) is 13.1. The number of ether oxygens (including phenoxy) is 5. The van der Waals surface area contributed by atoms with E-state index in [-0.39, 0.29) is 47.1 Å². The lowest BCUT2D eigenvalue weighted by atomic mass is 10.0. The molecule has 0 aliphatic rings. The van der Waals surface area contributed by atoms with Crippen LogP contribution in [-0.4, -0.2) is 49.9 Å². The van der Waals surface area contributed by atoms with Crippen LogP contribution in [0.1, 0.15) is 76.8 Å². The summed E-state index contributed by atoms with van der Waals surface area (Å²) in [5.74, 6) is 0.623. The second-order valence-corrected chi connectivity index (χ2v) is 20.1. The largest absolute Gasteiger partial charge is 0.497 e. The van der Waals surface area contributed by atoms with Gasteiger partial charge in [0.1, 0.15) is 30.3 Å². The van der Waals surface area contributed by atoms with Crippen molar-refractivity contribution in [1.29, 1.82) is 0 Å². The molecule has 2 aromatic heterocycles. The highest BCUT2D eigenvalue weighted by Gasteiger charge is 2.39. The summed E-state index contributed by atoms with van der Waals surface area (Å²) in [6, 6.07) is 16.1. The van der Waals surface area contributed by atoms with Crippen LogP contribution in [0.2, 0.25) is 18.1 Å². The van der Waals surface area contributed by atoms with E-state index in [2.05, 4.69) is 38.8 Å². The lowest BCUT2D eigenvalue weighted by molar-refractivity contribution is -0.137. The number of alkyl halides is 3. The molecule has 0 amide bonds. The molecule has 0 spiro atoms. The topological polar surface area (TPSA) is 90.3 Å². The maximum atomic E-state index is 14.6. The van der Waals surface area contributed by atoms with Crippen LogP contribution in [0.15, 0.2) is 73.2 Å². The van der Waals surface area contributed by atoms with E-state index in [9.17, 15) is 18.0 Å². The number of benzene rings is 2. The Morgan fingerprint density at radius 1 is 0.849 bits per heavy atom. The third kappa shape index (κ3) is 11.3. The Morgan fingerprint density at radius 2 is 1.45 bits per heavy atom. The molecule has 13 heteroatoms. The van der Waals surface area contributed by atoms with Crippen LogP contribution in [0.4, 0.5) is 18.0 Å². The van der Waals surface area contributed by atoms with E-state index in [1.807, 2.05) is 31.2 Å². The first-order valence-corrected chi connectivity index (χ1v) is 20.3. The lowest BCUT2D eigenvalue weighted by Crippen LogP contribution is -2.41. The summed E-state index contributed by atoms with van der Waals surface area (Å²) in [5, 5.41) is 0.115. The predicted octanol–water partition coefficient (Wildman–Crippen LogP) is 10.6. The van der Waals surface area contributed by atoms with Gasteiger partial charge in [0.15, 0.2) is 8.32 Å². The fourth-order valence-corrected chi connectivity index (χ4v) is 5.98. The fourth-order valence-electron chi connectivity index (χ4n) is 4.96. The van der Waals surface area contributed by atoms with Crippen molar-refractivity contribution in [2.75, 3.05) is 20.3 Å². The summed E-state index contributed by atoms with van der Waals surface area (Å²) in [4.78, 5) is 17.2. The van der Waals surface area contributed by atoms with Gasteiger partial charge in [-0.3, -0.25) is 4.57 Å². The number of hydrogen-bond donors (Lipinski definition) is 0.